The Bertz CT molecular complexity index is 774. The molecule has 0 radical (unpaired) electrons. The van der Waals surface area contributed by atoms with Gasteiger partial charge in [-0.05, 0) is 26.0 Å². The van der Waals surface area contributed by atoms with Gasteiger partial charge in [-0.25, -0.2) is 4.79 Å². The van der Waals surface area contributed by atoms with Gasteiger partial charge in [0.05, 0.1) is 12.6 Å². The van der Waals surface area contributed by atoms with Gasteiger partial charge in [0.1, 0.15) is 5.69 Å². The summed E-state index contributed by atoms with van der Waals surface area (Å²) in [4.78, 5) is 31.7. The fourth-order valence-electron chi connectivity index (χ4n) is 2.96. The number of pyridine rings is 1. The number of hydrogen-bond acceptors (Lipinski definition) is 5. The second kappa shape index (κ2) is 7.55. The van der Waals surface area contributed by atoms with Crippen molar-refractivity contribution in [1.29, 1.82) is 0 Å². The molecule has 0 bridgehead atoms. The van der Waals surface area contributed by atoms with Crippen LogP contribution in [0, 0.1) is 0 Å². The number of rotatable bonds is 5. The Morgan fingerprint density at radius 1 is 1.50 bits per heavy atom. The number of hydrogen-bond donors (Lipinski definition) is 1. The molecule has 0 aromatic carbocycles. The van der Waals surface area contributed by atoms with Crippen LogP contribution in [0.15, 0.2) is 35.1 Å². The summed E-state index contributed by atoms with van der Waals surface area (Å²) in [6.07, 6.45) is 3.73. The number of aromatic nitrogens is 2. The molecule has 0 unspecified atom stereocenters. The largest absolute Gasteiger partial charge is 0.359 e. The molecule has 2 aromatic heterocycles. The fourth-order valence-corrected chi connectivity index (χ4v) is 2.96. The minimum atomic E-state index is -0.243. The van der Waals surface area contributed by atoms with E-state index in [0.29, 0.717) is 24.4 Å². The molecule has 2 aromatic rings. The standard InChI is InChI=1S/C18H23N5O3/c1-12(2)23-10-14(7-17(23)24)20-18(25)22(3)11-15-8-16(21-26-15)13-5-4-6-19-9-13/h4-6,8-9,12,14H,7,10-11H2,1-3H3,(H,20,25)/t14-/m0/s1. The lowest BCUT2D eigenvalue weighted by Gasteiger charge is -2.22. The van der Waals surface area contributed by atoms with Crippen LogP contribution < -0.4 is 5.32 Å². The van der Waals surface area contributed by atoms with Crippen LogP contribution in [-0.4, -0.2) is 57.6 Å². The number of nitrogens with zero attached hydrogens (tertiary/aromatic N) is 4. The van der Waals surface area contributed by atoms with Gasteiger partial charge in [0.25, 0.3) is 0 Å². The first-order chi connectivity index (χ1) is 12.4. The van der Waals surface area contributed by atoms with Crippen LogP contribution in [-0.2, 0) is 11.3 Å². The minimum Gasteiger partial charge on any atom is -0.359 e. The average molecular weight is 357 g/mol. The lowest BCUT2D eigenvalue weighted by Crippen LogP contribution is -2.44. The van der Waals surface area contributed by atoms with Crippen LogP contribution in [0.3, 0.4) is 0 Å². The highest BCUT2D eigenvalue weighted by atomic mass is 16.5. The highest BCUT2D eigenvalue weighted by molar-refractivity contribution is 5.81. The van der Waals surface area contributed by atoms with Gasteiger partial charge in [-0.2, -0.15) is 0 Å². The molecule has 1 saturated heterocycles. The molecule has 1 N–H and O–H groups in total. The van der Waals surface area contributed by atoms with Crippen LogP contribution >= 0.6 is 0 Å². The third-order valence-corrected chi connectivity index (χ3v) is 4.37. The molecule has 3 heterocycles. The number of nitrogens with one attached hydrogen (secondary N) is 1. The second-order valence-corrected chi connectivity index (χ2v) is 6.77. The molecule has 1 fully saturated rings. The maximum Gasteiger partial charge on any atom is 0.317 e. The van der Waals surface area contributed by atoms with Crippen molar-refractivity contribution in [3.05, 3.63) is 36.4 Å². The Hall–Kier alpha value is -2.90. The maximum absolute atomic E-state index is 12.4. The van der Waals surface area contributed by atoms with Crippen molar-refractivity contribution in [2.45, 2.75) is 38.9 Å². The Morgan fingerprint density at radius 2 is 2.31 bits per heavy atom. The molecule has 138 valence electrons. The summed E-state index contributed by atoms with van der Waals surface area (Å²) < 4.78 is 5.31. The molecule has 8 heteroatoms. The van der Waals surface area contributed by atoms with E-state index in [1.165, 1.54) is 4.90 Å². The summed E-state index contributed by atoms with van der Waals surface area (Å²) in [7, 11) is 1.68. The lowest BCUT2D eigenvalue weighted by molar-refractivity contribution is -0.129. The minimum absolute atomic E-state index is 0.0734. The summed E-state index contributed by atoms with van der Waals surface area (Å²) in [5, 5.41) is 6.92. The topological polar surface area (TPSA) is 91.6 Å². The third-order valence-electron chi connectivity index (χ3n) is 4.37. The van der Waals surface area contributed by atoms with Crippen molar-refractivity contribution in [1.82, 2.24) is 25.3 Å². The van der Waals surface area contributed by atoms with Gasteiger partial charge < -0.3 is 19.6 Å². The van der Waals surface area contributed by atoms with E-state index in [-0.39, 0.29) is 30.6 Å². The number of carbonyl (C=O) groups excluding carboxylic acids is 2. The monoisotopic (exact) mass is 357 g/mol. The van der Waals surface area contributed by atoms with E-state index in [2.05, 4.69) is 15.5 Å². The predicted molar refractivity (Wildman–Crippen MR) is 95.0 cm³/mol. The molecule has 1 aliphatic rings. The quantitative estimate of drug-likeness (QED) is 0.882. The highest BCUT2D eigenvalue weighted by Gasteiger charge is 2.32. The Kier molecular flexibility index (Phi) is 5.20. The van der Waals surface area contributed by atoms with Crippen molar-refractivity contribution in [2.75, 3.05) is 13.6 Å². The molecule has 1 atom stereocenters. The molecular formula is C18H23N5O3. The van der Waals surface area contributed by atoms with Crippen molar-refractivity contribution in [3.8, 4) is 11.3 Å². The van der Waals surface area contributed by atoms with Crippen LogP contribution in [0.1, 0.15) is 26.0 Å². The lowest BCUT2D eigenvalue weighted by atomic mass is 10.2. The van der Waals surface area contributed by atoms with Gasteiger partial charge in [0.2, 0.25) is 5.91 Å². The van der Waals surface area contributed by atoms with Gasteiger partial charge in [0, 0.05) is 50.1 Å². The first kappa shape index (κ1) is 17.9. The van der Waals surface area contributed by atoms with Crippen LogP contribution in [0.5, 0.6) is 0 Å². The van der Waals surface area contributed by atoms with Crippen LogP contribution in [0.25, 0.3) is 11.3 Å². The van der Waals surface area contributed by atoms with E-state index in [9.17, 15) is 9.59 Å². The van der Waals surface area contributed by atoms with Crippen LogP contribution in [0.2, 0.25) is 0 Å². The van der Waals surface area contributed by atoms with Gasteiger partial charge in [-0.15, -0.1) is 0 Å². The normalized spacial score (nSPS) is 17.0. The average Bonchev–Trinajstić information content (AvgIpc) is 3.22. The summed E-state index contributed by atoms with van der Waals surface area (Å²) in [6.45, 7) is 4.77. The van der Waals surface area contributed by atoms with Gasteiger partial charge >= 0.3 is 6.03 Å². The van der Waals surface area contributed by atoms with Crippen LogP contribution in [0.4, 0.5) is 4.79 Å². The van der Waals surface area contributed by atoms with Crippen molar-refractivity contribution < 1.29 is 14.1 Å². The number of likely N-dealkylation sites (tertiary alicyclic amines) is 1. The molecule has 0 aliphatic carbocycles. The van der Waals surface area contributed by atoms with E-state index in [1.807, 2.05) is 26.0 Å². The molecule has 3 rings (SSSR count). The zero-order valence-electron chi connectivity index (χ0n) is 15.2. The number of amides is 3. The molecule has 1 aliphatic heterocycles. The van der Waals surface area contributed by atoms with Gasteiger partial charge in [-0.1, -0.05) is 5.16 Å². The Balaban J connectivity index is 1.55. The first-order valence-electron chi connectivity index (χ1n) is 8.61. The Morgan fingerprint density at radius 3 is 2.96 bits per heavy atom. The molecule has 0 saturated carbocycles. The smallest absolute Gasteiger partial charge is 0.317 e. The summed E-state index contributed by atoms with van der Waals surface area (Å²) in [6, 6.07) is 5.24. The SMILES string of the molecule is CC(C)N1C[C@@H](NC(=O)N(C)Cc2cc(-c3cccnc3)no2)CC1=O. The van der Waals surface area contributed by atoms with E-state index in [0.717, 1.165) is 5.56 Å². The van der Waals surface area contributed by atoms with Crippen molar-refractivity contribution >= 4 is 11.9 Å². The maximum atomic E-state index is 12.4. The summed E-state index contributed by atoms with van der Waals surface area (Å²) in [5.41, 5.74) is 1.53. The molecule has 26 heavy (non-hydrogen) atoms. The van der Waals surface area contributed by atoms with E-state index in [1.54, 1.807) is 30.4 Å². The van der Waals surface area contributed by atoms with Crippen molar-refractivity contribution in [3.63, 3.8) is 0 Å². The molecule has 3 amide bonds. The summed E-state index contributed by atoms with van der Waals surface area (Å²) in [5.74, 6) is 0.650. The predicted octanol–water partition coefficient (Wildman–Crippen LogP) is 1.89. The summed E-state index contributed by atoms with van der Waals surface area (Å²) >= 11 is 0. The molecule has 8 nitrogen and oxygen atoms in total. The number of carbonyl (C=O) groups is 2. The Labute approximate surface area is 152 Å². The first-order valence-corrected chi connectivity index (χ1v) is 8.61. The van der Waals surface area contributed by atoms with E-state index in [4.69, 9.17) is 4.52 Å². The third kappa shape index (κ3) is 4.01. The van der Waals surface area contributed by atoms with Gasteiger partial charge in [0.15, 0.2) is 5.76 Å². The molecular weight excluding hydrogens is 334 g/mol. The highest BCUT2D eigenvalue weighted by Crippen LogP contribution is 2.19. The van der Waals surface area contributed by atoms with Gasteiger partial charge in [-0.3, -0.25) is 9.78 Å². The molecule has 0 spiro atoms. The van der Waals surface area contributed by atoms with E-state index < -0.39 is 0 Å². The zero-order valence-corrected chi connectivity index (χ0v) is 15.2. The number of urea groups is 1. The zero-order chi connectivity index (χ0) is 18.7. The van der Waals surface area contributed by atoms with Crippen molar-refractivity contribution in [2.24, 2.45) is 0 Å². The second-order valence-electron chi connectivity index (χ2n) is 6.77. The van der Waals surface area contributed by atoms with E-state index >= 15 is 0 Å². The fraction of sp³-hybridized carbons (Fsp3) is 0.444.